The van der Waals surface area contributed by atoms with Gasteiger partial charge in [-0.1, -0.05) is 32.1 Å². The lowest BCUT2D eigenvalue weighted by atomic mass is 9.96. The van der Waals surface area contributed by atoms with E-state index in [0.29, 0.717) is 11.9 Å². The van der Waals surface area contributed by atoms with Gasteiger partial charge in [0.25, 0.3) is 0 Å². The zero-order valence-electron chi connectivity index (χ0n) is 13.4. The Morgan fingerprint density at radius 1 is 1.09 bits per heavy atom. The molecule has 0 aliphatic heterocycles. The van der Waals surface area contributed by atoms with Crippen molar-refractivity contribution in [3.63, 3.8) is 0 Å². The summed E-state index contributed by atoms with van der Waals surface area (Å²) in [5, 5.41) is 14.7. The number of nitrogens with zero attached hydrogens (tertiary/aromatic N) is 1. The topological polar surface area (TPSA) is 91.3 Å². The molecule has 126 valence electrons. The highest BCUT2D eigenvalue weighted by Gasteiger charge is 2.11. The first-order valence-corrected chi connectivity index (χ1v) is 8.38. The quantitative estimate of drug-likeness (QED) is 0.747. The van der Waals surface area contributed by atoms with Crippen LogP contribution in [0.5, 0.6) is 0 Å². The molecule has 0 radical (unpaired) electrons. The minimum atomic E-state index is -0.980. The number of hydrogen-bond donors (Lipinski definition) is 3. The minimum Gasteiger partial charge on any atom is -0.481 e. The van der Waals surface area contributed by atoms with Crippen LogP contribution in [0.2, 0.25) is 0 Å². The van der Waals surface area contributed by atoms with Crippen LogP contribution in [-0.4, -0.2) is 28.0 Å². The monoisotopic (exact) mass is 319 g/mol. The molecule has 1 aliphatic rings. The zero-order chi connectivity index (χ0) is 16.5. The molecule has 23 heavy (non-hydrogen) atoms. The molecular formula is C17H25N3O3. The number of carboxylic acids is 1. The lowest BCUT2D eigenvalue weighted by Gasteiger charge is -2.22. The molecule has 6 heteroatoms. The third-order valence-corrected chi connectivity index (χ3v) is 4.07. The highest BCUT2D eigenvalue weighted by atomic mass is 16.4. The van der Waals surface area contributed by atoms with Crippen molar-refractivity contribution >= 4 is 23.4 Å². The molecule has 1 heterocycles. The van der Waals surface area contributed by atoms with Crippen molar-refractivity contribution in [3.05, 3.63) is 18.3 Å². The van der Waals surface area contributed by atoms with E-state index < -0.39 is 5.97 Å². The second-order valence-electron chi connectivity index (χ2n) is 6.06. The Balaban J connectivity index is 1.81. The SMILES string of the molecule is O=C(O)CCC(=O)Nc1ccc(NC2CCCCCCC2)cn1. The largest absolute Gasteiger partial charge is 0.481 e. The number of carbonyl (C=O) groups excluding carboxylic acids is 1. The second kappa shape index (κ2) is 9.12. The fraction of sp³-hybridized carbons (Fsp3) is 0.588. The molecule has 0 unspecified atom stereocenters. The third-order valence-electron chi connectivity index (χ3n) is 4.07. The molecule has 1 aromatic rings. The van der Waals surface area contributed by atoms with Crippen molar-refractivity contribution < 1.29 is 14.7 Å². The van der Waals surface area contributed by atoms with Gasteiger partial charge in [-0.3, -0.25) is 9.59 Å². The molecule has 1 amide bonds. The number of pyridine rings is 1. The van der Waals surface area contributed by atoms with Gasteiger partial charge in [-0.15, -0.1) is 0 Å². The van der Waals surface area contributed by atoms with Gasteiger partial charge in [0.05, 0.1) is 18.3 Å². The summed E-state index contributed by atoms with van der Waals surface area (Å²) in [5.41, 5.74) is 0.958. The van der Waals surface area contributed by atoms with Crippen LogP contribution in [0.3, 0.4) is 0 Å². The van der Waals surface area contributed by atoms with Crippen LogP contribution in [0.1, 0.15) is 57.8 Å². The number of carboxylic acid groups (broad SMARTS) is 1. The van der Waals surface area contributed by atoms with Crippen LogP contribution in [0.15, 0.2) is 18.3 Å². The Bertz CT molecular complexity index is 508. The summed E-state index contributed by atoms with van der Waals surface area (Å²) in [6.45, 7) is 0. The highest BCUT2D eigenvalue weighted by molar-refractivity contribution is 5.91. The van der Waals surface area contributed by atoms with Gasteiger partial charge in [0.15, 0.2) is 0 Å². The van der Waals surface area contributed by atoms with Gasteiger partial charge in [0.1, 0.15) is 5.82 Å². The van der Waals surface area contributed by atoms with E-state index in [1.807, 2.05) is 6.07 Å². The van der Waals surface area contributed by atoms with E-state index in [4.69, 9.17) is 5.11 Å². The van der Waals surface area contributed by atoms with E-state index >= 15 is 0 Å². The lowest BCUT2D eigenvalue weighted by Crippen LogP contribution is -2.20. The zero-order valence-corrected chi connectivity index (χ0v) is 13.4. The molecule has 0 atom stereocenters. The third kappa shape index (κ3) is 6.67. The predicted octanol–water partition coefficient (Wildman–Crippen LogP) is 3.41. The summed E-state index contributed by atoms with van der Waals surface area (Å²) in [7, 11) is 0. The molecule has 1 fully saturated rings. The summed E-state index contributed by atoms with van der Waals surface area (Å²) in [6.07, 6.45) is 10.4. The molecule has 1 aliphatic carbocycles. The van der Waals surface area contributed by atoms with Crippen LogP contribution < -0.4 is 10.6 Å². The molecule has 6 nitrogen and oxygen atoms in total. The Labute approximate surface area is 136 Å². The second-order valence-corrected chi connectivity index (χ2v) is 6.06. The first-order valence-electron chi connectivity index (χ1n) is 8.38. The maximum Gasteiger partial charge on any atom is 0.303 e. The van der Waals surface area contributed by atoms with E-state index in [2.05, 4.69) is 15.6 Å². The lowest BCUT2D eigenvalue weighted by molar-refractivity contribution is -0.138. The molecule has 3 N–H and O–H groups in total. The maximum absolute atomic E-state index is 11.6. The smallest absolute Gasteiger partial charge is 0.303 e. The summed E-state index contributed by atoms with van der Waals surface area (Å²) in [5.74, 6) is -0.865. The standard InChI is InChI=1S/C17H25N3O3/c21-16(10-11-17(22)23)20-15-9-8-14(12-18-15)19-13-6-4-2-1-3-5-7-13/h8-9,12-13,19H,1-7,10-11H2,(H,22,23)(H,18,20,21). The van der Waals surface area contributed by atoms with E-state index in [-0.39, 0.29) is 18.7 Å². The van der Waals surface area contributed by atoms with Crippen LogP contribution in [0, 0.1) is 0 Å². The maximum atomic E-state index is 11.6. The Morgan fingerprint density at radius 3 is 2.39 bits per heavy atom. The van der Waals surface area contributed by atoms with Gasteiger partial charge in [0, 0.05) is 12.5 Å². The Hall–Kier alpha value is -2.11. The van der Waals surface area contributed by atoms with Crippen LogP contribution in [-0.2, 0) is 9.59 Å². The van der Waals surface area contributed by atoms with Crippen molar-refractivity contribution in [2.75, 3.05) is 10.6 Å². The predicted molar refractivity (Wildman–Crippen MR) is 89.5 cm³/mol. The van der Waals surface area contributed by atoms with Crippen molar-refractivity contribution in [1.82, 2.24) is 4.98 Å². The molecule has 0 spiro atoms. The molecule has 1 aromatic heterocycles. The fourth-order valence-corrected chi connectivity index (χ4v) is 2.82. The Morgan fingerprint density at radius 2 is 1.78 bits per heavy atom. The number of anilines is 2. The van der Waals surface area contributed by atoms with Crippen molar-refractivity contribution in [2.24, 2.45) is 0 Å². The van der Waals surface area contributed by atoms with Crippen molar-refractivity contribution in [1.29, 1.82) is 0 Å². The molecule has 0 bridgehead atoms. The molecule has 2 rings (SSSR count). The molecular weight excluding hydrogens is 294 g/mol. The molecule has 0 saturated heterocycles. The van der Waals surface area contributed by atoms with Crippen LogP contribution in [0.25, 0.3) is 0 Å². The number of nitrogens with one attached hydrogen (secondary N) is 2. The number of rotatable bonds is 6. The summed E-state index contributed by atoms with van der Waals surface area (Å²) in [4.78, 5) is 26.2. The van der Waals surface area contributed by atoms with E-state index in [1.54, 1.807) is 12.3 Å². The first-order chi connectivity index (χ1) is 11.1. The minimum absolute atomic E-state index is 0.0426. The van der Waals surface area contributed by atoms with E-state index in [1.165, 1.54) is 44.9 Å². The average Bonchev–Trinajstić information content (AvgIpc) is 2.49. The summed E-state index contributed by atoms with van der Waals surface area (Å²) >= 11 is 0. The van der Waals surface area contributed by atoms with Gasteiger partial charge in [0.2, 0.25) is 5.91 Å². The Kier molecular flexibility index (Phi) is 6.84. The van der Waals surface area contributed by atoms with Gasteiger partial charge in [-0.05, 0) is 25.0 Å². The number of carbonyl (C=O) groups is 2. The first kappa shape index (κ1) is 17.2. The van der Waals surface area contributed by atoms with E-state index in [9.17, 15) is 9.59 Å². The summed E-state index contributed by atoms with van der Waals surface area (Å²) in [6, 6.07) is 4.13. The van der Waals surface area contributed by atoms with Gasteiger partial charge in [-0.25, -0.2) is 4.98 Å². The molecule has 1 saturated carbocycles. The van der Waals surface area contributed by atoms with Crippen LogP contribution >= 0.6 is 0 Å². The molecule has 0 aromatic carbocycles. The van der Waals surface area contributed by atoms with Crippen molar-refractivity contribution in [3.8, 4) is 0 Å². The van der Waals surface area contributed by atoms with Crippen molar-refractivity contribution in [2.45, 2.75) is 63.8 Å². The number of aromatic nitrogens is 1. The average molecular weight is 319 g/mol. The number of aliphatic carboxylic acids is 1. The highest BCUT2D eigenvalue weighted by Crippen LogP contribution is 2.21. The number of hydrogen-bond acceptors (Lipinski definition) is 4. The van der Waals surface area contributed by atoms with Gasteiger partial charge in [-0.2, -0.15) is 0 Å². The summed E-state index contributed by atoms with van der Waals surface area (Å²) < 4.78 is 0. The van der Waals surface area contributed by atoms with Gasteiger partial charge >= 0.3 is 5.97 Å². The fourth-order valence-electron chi connectivity index (χ4n) is 2.82. The van der Waals surface area contributed by atoms with E-state index in [0.717, 1.165) is 5.69 Å². The van der Waals surface area contributed by atoms with Gasteiger partial charge < -0.3 is 15.7 Å². The number of amides is 1. The van der Waals surface area contributed by atoms with Crippen LogP contribution in [0.4, 0.5) is 11.5 Å². The normalized spacial score (nSPS) is 16.2.